The molecule has 1 atom stereocenters. The number of nitrogens with two attached hydrogens (primary N) is 1. The summed E-state index contributed by atoms with van der Waals surface area (Å²) in [6.07, 6.45) is 5.89. The Hall–Kier alpha value is -1.26. The molecular formula is C10H11N3S. The number of nitrogens with zero attached hydrogens (tertiary/aromatic N) is 2. The molecule has 0 spiro atoms. The molecule has 0 aliphatic heterocycles. The van der Waals surface area contributed by atoms with E-state index in [9.17, 15) is 0 Å². The Morgan fingerprint density at radius 2 is 2.14 bits per heavy atom. The Balaban J connectivity index is 2.07. The summed E-state index contributed by atoms with van der Waals surface area (Å²) in [7, 11) is 0. The van der Waals surface area contributed by atoms with Gasteiger partial charge in [0.2, 0.25) is 0 Å². The Bertz CT molecular complexity index is 372. The van der Waals surface area contributed by atoms with E-state index in [0.29, 0.717) is 0 Å². The maximum atomic E-state index is 6.01. The lowest BCUT2D eigenvalue weighted by atomic mass is 10.0. The smallest absolute Gasteiger partial charge is 0.115 e. The summed E-state index contributed by atoms with van der Waals surface area (Å²) < 4.78 is 0. The molecule has 2 N–H and O–H groups in total. The highest BCUT2D eigenvalue weighted by atomic mass is 32.1. The fourth-order valence-corrected chi connectivity index (χ4v) is 1.96. The van der Waals surface area contributed by atoms with Crippen molar-refractivity contribution in [2.24, 2.45) is 5.73 Å². The second-order valence-electron chi connectivity index (χ2n) is 3.11. The van der Waals surface area contributed by atoms with E-state index in [1.165, 1.54) is 11.9 Å². The summed E-state index contributed by atoms with van der Waals surface area (Å²) >= 11 is 1.69. The van der Waals surface area contributed by atoms with Crippen molar-refractivity contribution >= 4 is 11.3 Å². The van der Waals surface area contributed by atoms with Crippen LogP contribution in [0.1, 0.15) is 17.2 Å². The summed E-state index contributed by atoms with van der Waals surface area (Å²) in [6.45, 7) is 0. The maximum absolute atomic E-state index is 6.01. The lowest BCUT2D eigenvalue weighted by Gasteiger charge is -2.09. The van der Waals surface area contributed by atoms with Gasteiger partial charge in [-0.3, -0.25) is 0 Å². The number of thiophene rings is 1. The van der Waals surface area contributed by atoms with Crippen LogP contribution in [-0.4, -0.2) is 9.97 Å². The Morgan fingerprint density at radius 1 is 1.36 bits per heavy atom. The van der Waals surface area contributed by atoms with Gasteiger partial charge in [0.1, 0.15) is 6.33 Å². The summed E-state index contributed by atoms with van der Waals surface area (Å²) in [6, 6.07) is 2.08. The molecule has 0 aromatic carbocycles. The molecule has 0 fully saturated rings. The van der Waals surface area contributed by atoms with E-state index in [4.69, 9.17) is 5.73 Å². The first kappa shape index (κ1) is 9.30. The van der Waals surface area contributed by atoms with Gasteiger partial charge in [0.15, 0.2) is 0 Å². The van der Waals surface area contributed by atoms with E-state index in [-0.39, 0.29) is 6.04 Å². The first-order valence-electron chi connectivity index (χ1n) is 4.38. The van der Waals surface area contributed by atoms with E-state index in [2.05, 4.69) is 26.8 Å². The van der Waals surface area contributed by atoms with E-state index in [0.717, 1.165) is 12.0 Å². The third kappa shape index (κ3) is 2.16. The lowest BCUT2D eigenvalue weighted by Crippen LogP contribution is -2.13. The highest BCUT2D eigenvalue weighted by molar-refractivity contribution is 7.07. The van der Waals surface area contributed by atoms with Crippen LogP contribution in [-0.2, 0) is 6.42 Å². The van der Waals surface area contributed by atoms with Crippen LogP contribution in [0, 0.1) is 0 Å². The van der Waals surface area contributed by atoms with Gasteiger partial charge in [0.05, 0.1) is 0 Å². The Morgan fingerprint density at radius 3 is 2.79 bits per heavy atom. The SMILES string of the molecule is NC(Cc1ccsc1)c1cncnc1. The van der Waals surface area contributed by atoms with Crippen LogP contribution in [0.2, 0.25) is 0 Å². The third-order valence-electron chi connectivity index (χ3n) is 2.04. The molecule has 0 saturated heterocycles. The van der Waals surface area contributed by atoms with Crippen molar-refractivity contribution in [2.75, 3.05) is 0 Å². The van der Waals surface area contributed by atoms with Gasteiger partial charge in [-0.2, -0.15) is 11.3 Å². The van der Waals surface area contributed by atoms with Gasteiger partial charge in [0.25, 0.3) is 0 Å². The zero-order valence-electron chi connectivity index (χ0n) is 7.63. The van der Waals surface area contributed by atoms with Gasteiger partial charge in [0, 0.05) is 24.0 Å². The molecular weight excluding hydrogens is 194 g/mol. The van der Waals surface area contributed by atoms with E-state index < -0.39 is 0 Å². The standard InChI is InChI=1S/C10H11N3S/c11-10(3-8-1-2-14-6-8)9-4-12-7-13-5-9/h1-2,4-7,10H,3,11H2. The molecule has 72 valence electrons. The minimum absolute atomic E-state index is 0.00852. The van der Waals surface area contributed by atoms with Crippen molar-refractivity contribution in [3.8, 4) is 0 Å². The van der Waals surface area contributed by atoms with Crippen LogP contribution >= 0.6 is 11.3 Å². The van der Waals surface area contributed by atoms with Crippen LogP contribution in [0.4, 0.5) is 0 Å². The van der Waals surface area contributed by atoms with Gasteiger partial charge in [-0.15, -0.1) is 0 Å². The number of rotatable bonds is 3. The summed E-state index contributed by atoms with van der Waals surface area (Å²) in [5, 5.41) is 4.17. The number of aromatic nitrogens is 2. The average Bonchev–Trinajstić information content (AvgIpc) is 2.72. The van der Waals surface area contributed by atoms with Gasteiger partial charge in [-0.05, 0) is 28.8 Å². The van der Waals surface area contributed by atoms with Crippen LogP contribution in [0.15, 0.2) is 35.5 Å². The highest BCUT2D eigenvalue weighted by Gasteiger charge is 2.07. The molecule has 0 aliphatic carbocycles. The molecule has 14 heavy (non-hydrogen) atoms. The monoisotopic (exact) mass is 205 g/mol. The fraction of sp³-hybridized carbons (Fsp3) is 0.200. The van der Waals surface area contributed by atoms with Crippen LogP contribution in [0.3, 0.4) is 0 Å². The average molecular weight is 205 g/mol. The molecule has 0 bridgehead atoms. The Kier molecular flexibility index (Phi) is 2.86. The van der Waals surface area contributed by atoms with Crippen molar-refractivity contribution in [1.82, 2.24) is 9.97 Å². The second-order valence-corrected chi connectivity index (χ2v) is 3.89. The van der Waals surface area contributed by atoms with Crippen molar-refractivity contribution in [3.63, 3.8) is 0 Å². The molecule has 2 heterocycles. The first-order chi connectivity index (χ1) is 6.86. The molecule has 2 aromatic rings. The minimum atomic E-state index is -0.00852. The number of hydrogen-bond donors (Lipinski definition) is 1. The van der Waals surface area contributed by atoms with Gasteiger partial charge >= 0.3 is 0 Å². The molecule has 4 heteroatoms. The molecule has 0 saturated carbocycles. The number of hydrogen-bond acceptors (Lipinski definition) is 4. The van der Waals surface area contributed by atoms with Gasteiger partial charge < -0.3 is 5.73 Å². The van der Waals surface area contributed by atoms with Crippen LogP contribution in [0.5, 0.6) is 0 Å². The topological polar surface area (TPSA) is 51.8 Å². The zero-order valence-corrected chi connectivity index (χ0v) is 8.45. The molecule has 1 unspecified atom stereocenters. The highest BCUT2D eigenvalue weighted by Crippen LogP contribution is 2.16. The normalized spacial score (nSPS) is 12.6. The van der Waals surface area contributed by atoms with Crippen LogP contribution < -0.4 is 5.73 Å². The predicted molar refractivity (Wildman–Crippen MR) is 57.0 cm³/mol. The van der Waals surface area contributed by atoms with Gasteiger partial charge in [-0.25, -0.2) is 9.97 Å². The minimum Gasteiger partial charge on any atom is -0.324 e. The van der Waals surface area contributed by atoms with Crippen molar-refractivity contribution < 1.29 is 0 Å². The third-order valence-corrected chi connectivity index (χ3v) is 2.78. The molecule has 0 radical (unpaired) electrons. The van der Waals surface area contributed by atoms with Crippen molar-refractivity contribution in [3.05, 3.63) is 46.7 Å². The summed E-state index contributed by atoms with van der Waals surface area (Å²) in [5.41, 5.74) is 8.27. The lowest BCUT2D eigenvalue weighted by molar-refractivity contribution is 0.714. The largest absolute Gasteiger partial charge is 0.324 e. The zero-order chi connectivity index (χ0) is 9.80. The maximum Gasteiger partial charge on any atom is 0.115 e. The van der Waals surface area contributed by atoms with Crippen molar-refractivity contribution in [2.45, 2.75) is 12.5 Å². The molecule has 2 aromatic heterocycles. The predicted octanol–water partition coefficient (Wildman–Crippen LogP) is 1.78. The molecule has 3 nitrogen and oxygen atoms in total. The summed E-state index contributed by atoms with van der Waals surface area (Å²) in [5.74, 6) is 0. The van der Waals surface area contributed by atoms with E-state index in [1.54, 1.807) is 23.7 Å². The van der Waals surface area contributed by atoms with Crippen molar-refractivity contribution in [1.29, 1.82) is 0 Å². The van der Waals surface area contributed by atoms with Crippen LogP contribution in [0.25, 0.3) is 0 Å². The second kappa shape index (κ2) is 4.30. The fourth-order valence-electron chi connectivity index (χ4n) is 1.28. The summed E-state index contributed by atoms with van der Waals surface area (Å²) in [4.78, 5) is 7.89. The quantitative estimate of drug-likeness (QED) is 0.831. The molecule has 0 aliphatic rings. The Labute approximate surface area is 86.6 Å². The van der Waals surface area contributed by atoms with Gasteiger partial charge in [-0.1, -0.05) is 0 Å². The molecule has 0 amide bonds. The first-order valence-corrected chi connectivity index (χ1v) is 5.32. The van der Waals surface area contributed by atoms with E-state index >= 15 is 0 Å². The van der Waals surface area contributed by atoms with E-state index in [1.807, 2.05) is 0 Å². The molecule has 2 rings (SSSR count).